The minimum absolute atomic E-state index is 0.232. The Bertz CT molecular complexity index is 689. The Labute approximate surface area is 117 Å². The van der Waals surface area contributed by atoms with Gasteiger partial charge < -0.3 is 9.84 Å². The number of hydrogen-bond donors (Lipinski definition) is 1. The van der Waals surface area contributed by atoms with E-state index in [0.717, 1.165) is 28.9 Å². The van der Waals surface area contributed by atoms with Crippen molar-refractivity contribution in [3.63, 3.8) is 0 Å². The van der Waals surface area contributed by atoms with Crippen molar-refractivity contribution >= 4 is 5.97 Å². The summed E-state index contributed by atoms with van der Waals surface area (Å²) in [4.78, 5) is 11.0. The molecule has 1 atom stereocenters. The van der Waals surface area contributed by atoms with Crippen molar-refractivity contribution in [2.24, 2.45) is 0 Å². The number of ether oxygens (including phenoxy) is 1. The molecule has 0 radical (unpaired) electrons. The number of aryl methyl sites for hydroxylation is 1. The van der Waals surface area contributed by atoms with Crippen molar-refractivity contribution in [2.45, 2.75) is 26.4 Å². The predicted molar refractivity (Wildman–Crippen MR) is 77.4 cm³/mol. The van der Waals surface area contributed by atoms with Crippen LogP contribution in [0.2, 0.25) is 0 Å². The Kier molecular flexibility index (Phi) is 2.97. The summed E-state index contributed by atoms with van der Waals surface area (Å²) in [6.45, 7) is 4.00. The molecule has 3 rings (SSSR count). The second-order valence-corrected chi connectivity index (χ2v) is 5.29. The third-order valence-electron chi connectivity index (χ3n) is 3.68. The summed E-state index contributed by atoms with van der Waals surface area (Å²) >= 11 is 0. The zero-order valence-corrected chi connectivity index (χ0v) is 11.5. The van der Waals surface area contributed by atoms with E-state index in [2.05, 4.69) is 13.0 Å². The molecule has 20 heavy (non-hydrogen) atoms. The largest absolute Gasteiger partial charge is 0.490 e. The molecule has 3 heteroatoms. The van der Waals surface area contributed by atoms with Gasteiger partial charge in [-0.1, -0.05) is 12.1 Å². The van der Waals surface area contributed by atoms with Crippen LogP contribution in [0.3, 0.4) is 0 Å². The van der Waals surface area contributed by atoms with Gasteiger partial charge in [-0.25, -0.2) is 4.79 Å². The number of hydrogen-bond acceptors (Lipinski definition) is 2. The molecule has 2 aromatic carbocycles. The first-order chi connectivity index (χ1) is 9.54. The highest BCUT2D eigenvalue weighted by atomic mass is 16.5. The van der Waals surface area contributed by atoms with Gasteiger partial charge >= 0.3 is 5.97 Å². The summed E-state index contributed by atoms with van der Waals surface area (Å²) in [6, 6.07) is 11.4. The lowest BCUT2D eigenvalue weighted by Crippen LogP contribution is -2.05. The number of carboxylic acids is 1. The van der Waals surface area contributed by atoms with Gasteiger partial charge in [-0.2, -0.15) is 0 Å². The monoisotopic (exact) mass is 268 g/mol. The maximum atomic E-state index is 11.0. The molecule has 0 spiro atoms. The molecule has 0 fully saturated rings. The highest BCUT2D eigenvalue weighted by molar-refractivity contribution is 5.89. The van der Waals surface area contributed by atoms with Crippen molar-refractivity contribution < 1.29 is 14.6 Å². The highest BCUT2D eigenvalue weighted by Crippen LogP contribution is 2.34. The van der Waals surface area contributed by atoms with E-state index in [1.54, 1.807) is 12.1 Å². The summed E-state index contributed by atoms with van der Waals surface area (Å²) in [5.41, 5.74) is 4.69. The Morgan fingerprint density at radius 3 is 2.75 bits per heavy atom. The Morgan fingerprint density at radius 2 is 2.05 bits per heavy atom. The molecule has 0 bridgehead atoms. The number of aromatic carboxylic acids is 1. The average molecular weight is 268 g/mol. The predicted octanol–water partition coefficient (Wildman–Crippen LogP) is 3.68. The standard InChI is InChI=1S/C17H16O3/c1-10-7-13(17(18)19)3-5-15(10)12-4-6-16-14(9-12)8-11(2)20-16/h3-7,9,11H,8H2,1-2H3,(H,18,19). The number of rotatable bonds is 2. The van der Waals surface area contributed by atoms with E-state index in [1.807, 2.05) is 25.1 Å². The molecule has 1 aliphatic rings. The van der Waals surface area contributed by atoms with Gasteiger partial charge in [-0.15, -0.1) is 0 Å². The minimum Gasteiger partial charge on any atom is -0.490 e. The molecule has 1 heterocycles. The van der Waals surface area contributed by atoms with Gasteiger partial charge in [0.1, 0.15) is 11.9 Å². The fraction of sp³-hybridized carbons (Fsp3) is 0.235. The summed E-state index contributed by atoms with van der Waals surface area (Å²) in [5.74, 6) is 0.0666. The smallest absolute Gasteiger partial charge is 0.335 e. The zero-order valence-electron chi connectivity index (χ0n) is 11.5. The van der Waals surface area contributed by atoms with Crippen LogP contribution in [0, 0.1) is 6.92 Å². The van der Waals surface area contributed by atoms with E-state index in [4.69, 9.17) is 9.84 Å². The lowest BCUT2D eigenvalue weighted by atomic mass is 9.96. The Balaban J connectivity index is 2.02. The van der Waals surface area contributed by atoms with Crippen molar-refractivity contribution in [3.05, 3.63) is 53.1 Å². The summed E-state index contributed by atoms with van der Waals surface area (Å²) in [5, 5.41) is 9.01. The van der Waals surface area contributed by atoms with Crippen molar-refractivity contribution in [3.8, 4) is 16.9 Å². The fourth-order valence-electron chi connectivity index (χ4n) is 2.71. The van der Waals surface area contributed by atoms with Crippen molar-refractivity contribution in [1.82, 2.24) is 0 Å². The van der Waals surface area contributed by atoms with Crippen molar-refractivity contribution in [2.75, 3.05) is 0 Å². The second kappa shape index (κ2) is 4.67. The summed E-state index contributed by atoms with van der Waals surface area (Å²) in [7, 11) is 0. The van der Waals surface area contributed by atoms with Crippen LogP contribution in [-0.2, 0) is 6.42 Å². The Hall–Kier alpha value is -2.29. The van der Waals surface area contributed by atoms with Crippen LogP contribution >= 0.6 is 0 Å². The van der Waals surface area contributed by atoms with Crippen LogP contribution in [0.5, 0.6) is 5.75 Å². The molecule has 0 aromatic heterocycles. The van der Waals surface area contributed by atoms with E-state index in [9.17, 15) is 4.79 Å². The number of carbonyl (C=O) groups is 1. The number of benzene rings is 2. The van der Waals surface area contributed by atoms with Gasteiger partial charge in [-0.3, -0.25) is 0 Å². The van der Waals surface area contributed by atoms with Crippen LogP contribution in [-0.4, -0.2) is 17.2 Å². The maximum Gasteiger partial charge on any atom is 0.335 e. The quantitative estimate of drug-likeness (QED) is 0.903. The molecule has 102 valence electrons. The first-order valence-electron chi connectivity index (χ1n) is 6.68. The summed E-state index contributed by atoms with van der Waals surface area (Å²) < 4.78 is 5.70. The first kappa shape index (κ1) is 12.7. The normalized spacial score (nSPS) is 16.6. The average Bonchev–Trinajstić information content (AvgIpc) is 2.77. The van der Waals surface area contributed by atoms with Gasteiger partial charge in [0.2, 0.25) is 0 Å². The van der Waals surface area contributed by atoms with Crippen LogP contribution in [0.15, 0.2) is 36.4 Å². The van der Waals surface area contributed by atoms with Gasteiger partial charge in [-0.05, 0) is 60.4 Å². The topological polar surface area (TPSA) is 46.5 Å². The molecule has 0 saturated carbocycles. The lowest BCUT2D eigenvalue weighted by Gasteiger charge is -2.09. The van der Waals surface area contributed by atoms with E-state index in [1.165, 1.54) is 5.56 Å². The molecule has 3 nitrogen and oxygen atoms in total. The fourth-order valence-corrected chi connectivity index (χ4v) is 2.71. The van der Waals surface area contributed by atoms with Gasteiger partial charge in [0.15, 0.2) is 0 Å². The van der Waals surface area contributed by atoms with Crippen molar-refractivity contribution in [1.29, 1.82) is 0 Å². The van der Waals surface area contributed by atoms with Crippen LogP contribution < -0.4 is 4.74 Å². The summed E-state index contributed by atoms with van der Waals surface area (Å²) in [6.07, 6.45) is 1.16. The van der Waals surface area contributed by atoms with E-state index >= 15 is 0 Å². The molecule has 1 N–H and O–H groups in total. The van der Waals surface area contributed by atoms with E-state index < -0.39 is 5.97 Å². The van der Waals surface area contributed by atoms with Gasteiger partial charge in [0.25, 0.3) is 0 Å². The van der Waals surface area contributed by atoms with Gasteiger partial charge in [0.05, 0.1) is 5.56 Å². The van der Waals surface area contributed by atoms with Crippen LogP contribution in [0.4, 0.5) is 0 Å². The second-order valence-electron chi connectivity index (χ2n) is 5.29. The number of carboxylic acid groups (broad SMARTS) is 1. The molecule has 1 aliphatic heterocycles. The maximum absolute atomic E-state index is 11.0. The molecule has 0 saturated heterocycles. The molecule has 0 amide bonds. The van der Waals surface area contributed by atoms with Crippen LogP contribution in [0.25, 0.3) is 11.1 Å². The third-order valence-corrected chi connectivity index (χ3v) is 3.68. The highest BCUT2D eigenvalue weighted by Gasteiger charge is 2.19. The Morgan fingerprint density at radius 1 is 1.25 bits per heavy atom. The molecular formula is C17H16O3. The zero-order chi connectivity index (χ0) is 14.3. The first-order valence-corrected chi connectivity index (χ1v) is 6.68. The number of fused-ring (bicyclic) bond motifs is 1. The van der Waals surface area contributed by atoms with E-state index in [-0.39, 0.29) is 6.10 Å². The van der Waals surface area contributed by atoms with Crippen LogP contribution in [0.1, 0.15) is 28.4 Å². The molecular weight excluding hydrogens is 252 g/mol. The molecule has 2 aromatic rings. The molecule has 1 unspecified atom stereocenters. The minimum atomic E-state index is -0.893. The molecule has 0 aliphatic carbocycles. The van der Waals surface area contributed by atoms with E-state index in [0.29, 0.717) is 5.56 Å². The lowest BCUT2D eigenvalue weighted by molar-refractivity contribution is 0.0697. The van der Waals surface area contributed by atoms with Gasteiger partial charge in [0, 0.05) is 6.42 Å². The third kappa shape index (κ3) is 2.16. The SMILES string of the molecule is Cc1cc(C(=O)O)ccc1-c1ccc2c(c1)CC(C)O2.